The predicted molar refractivity (Wildman–Crippen MR) is 40.3 cm³/mol. The number of nitro benzene ring substituents is 1. The summed E-state index contributed by atoms with van der Waals surface area (Å²) in [6.07, 6.45) is 0. The number of nitrogens with two attached hydrogens (primary N) is 2. The van der Waals surface area contributed by atoms with Gasteiger partial charge in [-0.3, -0.25) is 21.8 Å². The van der Waals surface area contributed by atoms with Gasteiger partial charge in [-0.25, -0.2) is 0 Å². The van der Waals surface area contributed by atoms with Crippen molar-refractivity contribution in [3.63, 3.8) is 0 Å². The lowest BCUT2D eigenvalue weighted by atomic mass is 10.3. The fourth-order valence-electron chi connectivity index (χ4n) is 0.497. The summed E-state index contributed by atoms with van der Waals surface area (Å²) in [6, 6.07) is 8.68. The Bertz CT molecular complexity index is 212. The molecule has 0 saturated carbocycles. The average molecular weight is 154 g/mol. The van der Waals surface area contributed by atoms with Crippen LogP contribution in [0.15, 0.2) is 24.3 Å². The van der Waals surface area contributed by atoms with E-state index in [2.05, 4.69) is 17.8 Å². The van der Waals surface area contributed by atoms with E-state index in [4.69, 9.17) is 0 Å². The highest BCUT2D eigenvalue weighted by molar-refractivity contribution is 5.26. The number of para-hydroxylation sites is 1. The minimum Gasteiger partial charge on any atom is -0.274 e. The van der Waals surface area contributed by atoms with Gasteiger partial charge in [-0.1, -0.05) is 12.1 Å². The van der Waals surface area contributed by atoms with Crippen molar-refractivity contribution >= 4 is 5.69 Å². The molecule has 1 radical (unpaired) electrons. The molecule has 0 bridgehead atoms. The normalized spacial score (nSPS) is 7.82. The van der Waals surface area contributed by atoms with Crippen molar-refractivity contribution in [3.8, 4) is 0 Å². The van der Waals surface area contributed by atoms with Crippen molar-refractivity contribution in [2.75, 3.05) is 0 Å². The summed E-state index contributed by atoms with van der Waals surface area (Å²) in [6.45, 7) is 0. The first-order chi connectivity index (χ1) is 5.30. The van der Waals surface area contributed by atoms with Crippen molar-refractivity contribution in [1.82, 2.24) is 0 Å². The molecule has 0 fully saturated rings. The monoisotopic (exact) mass is 154 g/mol. The molecule has 0 aliphatic heterocycles. The number of hydrogen-bond acceptors (Lipinski definition) is 4. The maximum atomic E-state index is 9.98. The topological polar surface area (TPSA) is 95.2 Å². The second-order valence-corrected chi connectivity index (χ2v) is 1.50. The number of nitro groups is 1. The van der Waals surface area contributed by atoms with Gasteiger partial charge in [0.05, 0.1) is 11.0 Å². The SMILES string of the molecule is NN.O=[N+]([O-])c1[c]cccc1. The Labute approximate surface area is 63.7 Å². The van der Waals surface area contributed by atoms with Gasteiger partial charge in [-0.15, -0.1) is 0 Å². The van der Waals surface area contributed by atoms with Crippen LogP contribution in [0.4, 0.5) is 5.69 Å². The molecule has 0 amide bonds. The molecule has 11 heavy (non-hydrogen) atoms. The summed E-state index contributed by atoms with van der Waals surface area (Å²) in [5, 5.41) is 9.98. The zero-order valence-corrected chi connectivity index (χ0v) is 5.73. The van der Waals surface area contributed by atoms with Crippen LogP contribution < -0.4 is 11.7 Å². The molecule has 59 valence electrons. The first-order valence-corrected chi connectivity index (χ1v) is 2.75. The van der Waals surface area contributed by atoms with Crippen LogP contribution in [-0.4, -0.2) is 4.92 Å². The molecule has 0 aromatic heterocycles. The number of rotatable bonds is 1. The molecule has 0 heterocycles. The van der Waals surface area contributed by atoms with E-state index in [-0.39, 0.29) is 5.69 Å². The Kier molecular flexibility index (Phi) is 4.63. The number of nitrogens with zero attached hydrogens (tertiary/aromatic N) is 1. The highest BCUT2D eigenvalue weighted by Crippen LogP contribution is 2.05. The van der Waals surface area contributed by atoms with E-state index >= 15 is 0 Å². The Morgan fingerprint density at radius 3 is 2.36 bits per heavy atom. The lowest BCUT2D eigenvalue weighted by molar-refractivity contribution is -0.385. The van der Waals surface area contributed by atoms with Crippen molar-refractivity contribution in [1.29, 1.82) is 0 Å². The van der Waals surface area contributed by atoms with Crippen molar-refractivity contribution in [2.45, 2.75) is 0 Å². The number of hydrazine groups is 1. The third-order valence-corrected chi connectivity index (χ3v) is 0.889. The van der Waals surface area contributed by atoms with Gasteiger partial charge in [0.15, 0.2) is 0 Å². The summed E-state index contributed by atoms with van der Waals surface area (Å²) in [5.41, 5.74) is 0.0116. The molecule has 0 spiro atoms. The molecular weight excluding hydrogens is 146 g/mol. The van der Waals surface area contributed by atoms with Gasteiger partial charge in [-0.2, -0.15) is 0 Å². The van der Waals surface area contributed by atoms with Crippen molar-refractivity contribution in [3.05, 3.63) is 40.4 Å². The minimum atomic E-state index is -0.472. The van der Waals surface area contributed by atoms with Crippen LogP contribution >= 0.6 is 0 Å². The van der Waals surface area contributed by atoms with Gasteiger partial charge in [0.2, 0.25) is 0 Å². The maximum Gasteiger partial charge on any atom is 0.277 e. The highest BCUT2D eigenvalue weighted by atomic mass is 16.6. The number of benzene rings is 1. The van der Waals surface area contributed by atoms with E-state index in [0.29, 0.717) is 0 Å². The van der Waals surface area contributed by atoms with Gasteiger partial charge in [0.25, 0.3) is 5.69 Å². The van der Waals surface area contributed by atoms with Gasteiger partial charge < -0.3 is 0 Å². The summed E-state index contributed by atoms with van der Waals surface area (Å²) in [5.74, 6) is 8.00. The molecule has 1 aromatic carbocycles. The molecule has 0 aliphatic carbocycles. The molecule has 0 unspecified atom stereocenters. The third kappa shape index (κ3) is 3.29. The molecule has 5 nitrogen and oxygen atoms in total. The van der Waals surface area contributed by atoms with E-state index in [1.165, 1.54) is 12.1 Å². The predicted octanol–water partition coefficient (Wildman–Crippen LogP) is 0.214. The summed E-state index contributed by atoms with van der Waals surface area (Å²) < 4.78 is 0. The van der Waals surface area contributed by atoms with Crippen LogP contribution in [0.5, 0.6) is 0 Å². The van der Waals surface area contributed by atoms with E-state index in [1.807, 2.05) is 0 Å². The summed E-state index contributed by atoms with van der Waals surface area (Å²) in [4.78, 5) is 9.50. The quantitative estimate of drug-likeness (QED) is 0.343. The first kappa shape index (κ1) is 9.54. The molecule has 4 N–H and O–H groups in total. The molecular formula is C6H8N3O2. The van der Waals surface area contributed by atoms with E-state index in [0.717, 1.165) is 0 Å². The van der Waals surface area contributed by atoms with Crippen molar-refractivity contribution in [2.24, 2.45) is 11.7 Å². The third-order valence-electron chi connectivity index (χ3n) is 0.889. The minimum absolute atomic E-state index is 0.0116. The van der Waals surface area contributed by atoms with Crippen LogP contribution in [0, 0.1) is 16.2 Å². The lowest BCUT2D eigenvalue weighted by Crippen LogP contribution is -2.02. The number of non-ortho nitro benzene ring substituents is 1. The molecule has 0 saturated heterocycles. The lowest BCUT2D eigenvalue weighted by Gasteiger charge is -1.84. The van der Waals surface area contributed by atoms with E-state index < -0.39 is 4.92 Å². The Balaban J connectivity index is 0.000000461. The summed E-state index contributed by atoms with van der Waals surface area (Å²) in [7, 11) is 0. The van der Waals surface area contributed by atoms with Gasteiger partial charge in [0, 0.05) is 6.07 Å². The first-order valence-electron chi connectivity index (χ1n) is 2.75. The van der Waals surface area contributed by atoms with Gasteiger partial charge in [0.1, 0.15) is 0 Å². The van der Waals surface area contributed by atoms with Crippen LogP contribution in [0.2, 0.25) is 0 Å². The fraction of sp³-hybridized carbons (Fsp3) is 0. The standard InChI is InChI=1S/C6H4NO2.H4N2/c8-7(9)6-4-2-1-3-5-6;1-2/h1-4H;1-2H2. The van der Waals surface area contributed by atoms with E-state index in [9.17, 15) is 10.1 Å². The maximum absolute atomic E-state index is 9.98. The Morgan fingerprint density at radius 1 is 1.45 bits per heavy atom. The zero-order chi connectivity index (χ0) is 8.69. The molecule has 5 heteroatoms. The Morgan fingerprint density at radius 2 is 2.09 bits per heavy atom. The van der Waals surface area contributed by atoms with Gasteiger partial charge in [-0.05, 0) is 6.07 Å². The molecule has 1 rings (SSSR count). The summed E-state index contributed by atoms with van der Waals surface area (Å²) >= 11 is 0. The fourth-order valence-corrected chi connectivity index (χ4v) is 0.497. The van der Waals surface area contributed by atoms with Crippen LogP contribution in [0.3, 0.4) is 0 Å². The largest absolute Gasteiger partial charge is 0.277 e. The van der Waals surface area contributed by atoms with E-state index in [1.54, 1.807) is 12.1 Å². The van der Waals surface area contributed by atoms with Crippen LogP contribution in [0.25, 0.3) is 0 Å². The number of hydrogen-bond donors (Lipinski definition) is 2. The Hall–Kier alpha value is -1.46. The second-order valence-electron chi connectivity index (χ2n) is 1.50. The molecule has 1 aromatic rings. The molecule has 0 aliphatic rings. The van der Waals surface area contributed by atoms with Gasteiger partial charge >= 0.3 is 0 Å². The zero-order valence-electron chi connectivity index (χ0n) is 5.73. The van der Waals surface area contributed by atoms with Crippen LogP contribution in [0.1, 0.15) is 0 Å². The smallest absolute Gasteiger partial charge is 0.274 e. The van der Waals surface area contributed by atoms with Crippen LogP contribution in [-0.2, 0) is 0 Å². The molecule has 0 atom stereocenters. The van der Waals surface area contributed by atoms with Crippen molar-refractivity contribution < 1.29 is 4.92 Å². The average Bonchev–Trinajstić information content (AvgIpc) is 2.10. The highest BCUT2D eigenvalue weighted by Gasteiger charge is 1.99. The second kappa shape index (κ2) is 5.33.